The van der Waals surface area contributed by atoms with Gasteiger partial charge in [-0.15, -0.1) is 0 Å². The first kappa shape index (κ1) is 49.0. The van der Waals surface area contributed by atoms with Gasteiger partial charge >= 0.3 is 6.55 Å². The number of hydrogen-bond acceptors (Lipinski definition) is 11. The molecule has 2 aliphatic rings. The van der Waals surface area contributed by atoms with Crippen molar-refractivity contribution in [1.82, 2.24) is 59.2 Å². The average molecular weight is 1040 g/mol. The van der Waals surface area contributed by atoms with Crippen LogP contribution >= 0.6 is 0 Å². The van der Waals surface area contributed by atoms with Crippen LogP contribution in [-0.2, 0) is 17.4 Å². The number of methoxy groups -OCH3 is 1. The van der Waals surface area contributed by atoms with Crippen LogP contribution in [0.5, 0.6) is 5.75 Å². The van der Waals surface area contributed by atoms with E-state index in [9.17, 15) is 22.8 Å². The number of halogens is 4. The zero-order valence-corrected chi connectivity index (χ0v) is 42.7. The SMILES string of the molecule is COc1cccc(-c2nc(C3(C)CCN(c4ncnc5[nH]c(-c6cnn(C(F)F)c6)cc45)CC3)[nH]c2Cn2c(-c3ccc(C#N)cc3)cc3c(N4CCC(C)(c5nc(-c6ccc(C(F)F)cc6)c(C)[nH]5)CC4)ncnc32)c1. The van der Waals surface area contributed by atoms with Crippen LogP contribution in [0.4, 0.5) is 29.2 Å². The number of H-pyrrole nitrogens is 3. The van der Waals surface area contributed by atoms with Crippen molar-refractivity contribution in [2.45, 2.75) is 76.8 Å². The zero-order chi connectivity index (χ0) is 53.2. The first-order valence-electron chi connectivity index (χ1n) is 25.5. The van der Waals surface area contributed by atoms with E-state index in [1.54, 1.807) is 25.6 Å². The minimum absolute atomic E-state index is 0.0197. The van der Waals surface area contributed by atoms with Crippen molar-refractivity contribution < 1.29 is 22.3 Å². The molecule has 0 unspecified atom stereocenters. The predicted molar refractivity (Wildman–Crippen MR) is 285 cm³/mol. The smallest absolute Gasteiger partial charge is 0.333 e. The number of fused-ring (bicyclic) bond motifs is 2. The highest BCUT2D eigenvalue weighted by Crippen LogP contribution is 2.42. The molecule has 77 heavy (non-hydrogen) atoms. The Kier molecular flexibility index (Phi) is 12.3. The van der Waals surface area contributed by atoms with Crippen molar-refractivity contribution in [3.05, 3.63) is 144 Å². The van der Waals surface area contributed by atoms with E-state index in [1.165, 1.54) is 30.9 Å². The normalized spacial score (nSPS) is 15.5. The van der Waals surface area contributed by atoms with Gasteiger partial charge < -0.3 is 34.1 Å². The first-order valence-corrected chi connectivity index (χ1v) is 25.5. The summed E-state index contributed by atoms with van der Waals surface area (Å²) in [6, 6.07) is 28.1. The van der Waals surface area contributed by atoms with Crippen molar-refractivity contribution in [2.24, 2.45) is 0 Å². The van der Waals surface area contributed by atoms with Gasteiger partial charge in [0.2, 0.25) is 0 Å². The molecular formula is C57H53F4N15O. The highest BCUT2D eigenvalue weighted by Gasteiger charge is 2.38. The number of ether oxygens (including phenoxy) is 1. The molecule has 0 amide bonds. The Morgan fingerprint density at radius 3 is 2.00 bits per heavy atom. The molecule has 2 fully saturated rings. The lowest BCUT2D eigenvalue weighted by Crippen LogP contribution is -2.42. The van der Waals surface area contributed by atoms with E-state index >= 15 is 0 Å². The topological polar surface area (TPSA) is 187 Å². The summed E-state index contributed by atoms with van der Waals surface area (Å²) >= 11 is 0. The largest absolute Gasteiger partial charge is 0.497 e. The lowest BCUT2D eigenvalue weighted by Gasteiger charge is -2.39. The van der Waals surface area contributed by atoms with Crippen LogP contribution in [0.15, 0.2) is 110 Å². The van der Waals surface area contributed by atoms with E-state index in [2.05, 4.69) is 65.4 Å². The Bertz CT molecular complexity index is 3830. The Morgan fingerprint density at radius 1 is 0.701 bits per heavy atom. The molecule has 3 N–H and O–H groups in total. The monoisotopic (exact) mass is 1040 g/mol. The number of aromatic nitrogens is 12. The molecule has 0 atom stereocenters. The van der Waals surface area contributed by atoms with Crippen molar-refractivity contribution in [1.29, 1.82) is 5.26 Å². The van der Waals surface area contributed by atoms with E-state index in [1.807, 2.05) is 61.5 Å². The van der Waals surface area contributed by atoms with Gasteiger partial charge in [-0.05, 0) is 74.6 Å². The molecule has 2 saturated heterocycles. The number of benzene rings is 3. The van der Waals surface area contributed by atoms with Crippen molar-refractivity contribution in [3.63, 3.8) is 0 Å². The van der Waals surface area contributed by atoms with Gasteiger partial charge in [0.1, 0.15) is 53.0 Å². The van der Waals surface area contributed by atoms with Crippen LogP contribution in [0.2, 0.25) is 0 Å². The number of nitrogens with one attached hydrogen (secondary N) is 3. The summed E-state index contributed by atoms with van der Waals surface area (Å²) in [4.78, 5) is 44.8. The molecule has 16 nitrogen and oxygen atoms in total. The number of imidazole rings is 2. The summed E-state index contributed by atoms with van der Waals surface area (Å²) in [6.45, 7) is 6.78. The second kappa shape index (κ2) is 19.4. The predicted octanol–water partition coefficient (Wildman–Crippen LogP) is 11.7. The second-order valence-corrected chi connectivity index (χ2v) is 20.6. The fourth-order valence-electron chi connectivity index (χ4n) is 11.0. The number of nitriles is 1. The number of aryl methyl sites for hydroxylation is 1. The van der Waals surface area contributed by atoms with Gasteiger partial charge in [0.05, 0.1) is 70.7 Å². The van der Waals surface area contributed by atoms with Crippen LogP contribution in [0.1, 0.15) is 86.7 Å². The maximum absolute atomic E-state index is 13.4. The second-order valence-electron chi connectivity index (χ2n) is 20.6. The van der Waals surface area contributed by atoms with Crippen molar-refractivity contribution in [3.8, 4) is 56.8 Å². The van der Waals surface area contributed by atoms with Gasteiger partial charge in [0.15, 0.2) is 0 Å². The molecular weight excluding hydrogens is 987 g/mol. The summed E-state index contributed by atoms with van der Waals surface area (Å²) in [5, 5.41) is 15.3. The highest BCUT2D eigenvalue weighted by molar-refractivity contribution is 5.94. The molecule has 3 aromatic carbocycles. The van der Waals surface area contributed by atoms with Crippen LogP contribution < -0.4 is 14.5 Å². The minimum Gasteiger partial charge on any atom is -0.497 e. The van der Waals surface area contributed by atoms with Crippen molar-refractivity contribution >= 4 is 33.7 Å². The molecule has 0 radical (unpaired) electrons. The average Bonchev–Trinajstić information content (AvgIpc) is 4.33. The quantitative estimate of drug-likeness (QED) is 0.0933. The van der Waals surface area contributed by atoms with E-state index in [-0.39, 0.29) is 16.4 Å². The highest BCUT2D eigenvalue weighted by atomic mass is 19.3. The van der Waals surface area contributed by atoms with Gasteiger partial charge in [-0.1, -0.05) is 62.4 Å². The molecule has 12 rings (SSSR count). The molecule has 0 spiro atoms. The maximum Gasteiger partial charge on any atom is 0.333 e. The van der Waals surface area contributed by atoms with E-state index in [4.69, 9.17) is 29.7 Å². The molecule has 2 aliphatic heterocycles. The minimum atomic E-state index is -2.75. The molecule has 7 aromatic heterocycles. The molecule has 0 bridgehead atoms. The fourth-order valence-corrected chi connectivity index (χ4v) is 11.0. The fraction of sp³-hybridized carbons (Fsp3) is 0.298. The first-order chi connectivity index (χ1) is 37.3. The Hall–Kier alpha value is -8.86. The van der Waals surface area contributed by atoms with Gasteiger partial charge in [-0.25, -0.2) is 43.4 Å². The number of alkyl halides is 4. The number of aromatic amines is 3. The zero-order valence-electron chi connectivity index (χ0n) is 42.7. The van der Waals surface area contributed by atoms with Crippen LogP contribution in [0.3, 0.4) is 0 Å². The number of rotatable bonds is 13. The van der Waals surface area contributed by atoms with Crippen molar-refractivity contribution in [2.75, 3.05) is 43.1 Å². The number of piperidine rings is 2. The van der Waals surface area contributed by atoms with Crippen LogP contribution in [-0.4, -0.2) is 92.5 Å². The maximum atomic E-state index is 13.4. The van der Waals surface area contributed by atoms with E-state index in [0.29, 0.717) is 65.6 Å². The van der Waals surface area contributed by atoms with E-state index in [0.717, 1.165) is 111 Å². The molecule has 390 valence electrons. The lowest BCUT2D eigenvalue weighted by molar-refractivity contribution is 0.0566. The Balaban J connectivity index is 0.860. The molecule has 20 heteroatoms. The number of anilines is 2. The van der Waals surface area contributed by atoms with Gasteiger partial charge in [0.25, 0.3) is 6.43 Å². The summed E-state index contributed by atoms with van der Waals surface area (Å²) in [5.41, 5.74) is 9.17. The lowest BCUT2D eigenvalue weighted by atomic mass is 9.79. The summed E-state index contributed by atoms with van der Waals surface area (Å²) in [7, 11) is 1.65. The molecule has 10 aromatic rings. The summed E-state index contributed by atoms with van der Waals surface area (Å²) < 4.78 is 62.0. The van der Waals surface area contributed by atoms with E-state index < -0.39 is 13.0 Å². The van der Waals surface area contributed by atoms with Gasteiger partial charge in [0, 0.05) is 71.2 Å². The van der Waals surface area contributed by atoms with Crippen LogP contribution in [0.25, 0.3) is 67.1 Å². The Labute approximate surface area is 439 Å². The Morgan fingerprint density at radius 2 is 1.35 bits per heavy atom. The van der Waals surface area contributed by atoms with Gasteiger partial charge in [-0.3, -0.25) is 0 Å². The summed E-state index contributed by atoms with van der Waals surface area (Å²) in [5.74, 6) is 4.00. The standard InChI is InChI=1S/C57H53F4N15O/c1-33-46(36-12-14-37(15-13-36)48(58)59)71-53(68-33)56(2)16-22-74(23-17-56)51-42-26-45(35-10-8-34(27-62)9-11-35)75(52(42)66-32-65-51)30-44-47(38-6-5-7-40(24-38)77-4)72-54(70-44)57(3)18-20-73(21-19-57)50-41-25-43(69-49(41)63-31-64-50)39-28-67-76(29-39)55(60)61/h5-15,24-26,28-29,31-32,48,55H,16-23,30H2,1-4H3,(H,68,71)(H,70,72)(H,63,64,69). The summed E-state index contributed by atoms with van der Waals surface area (Å²) in [6.07, 6.45) is 6.38. The third-order valence-electron chi connectivity index (χ3n) is 15.7. The third-order valence-corrected chi connectivity index (χ3v) is 15.7. The molecule has 0 saturated carbocycles. The molecule has 9 heterocycles. The third kappa shape index (κ3) is 8.98. The van der Waals surface area contributed by atoms with Gasteiger partial charge in [-0.2, -0.15) is 19.1 Å². The number of nitrogens with zero attached hydrogens (tertiary/aromatic N) is 12. The van der Waals surface area contributed by atoms with Crippen LogP contribution in [0, 0.1) is 18.3 Å². The molecule has 0 aliphatic carbocycles. The number of hydrogen-bond donors (Lipinski definition) is 3.